The van der Waals surface area contributed by atoms with Crippen molar-refractivity contribution in [2.45, 2.75) is 19.4 Å². The fourth-order valence-electron chi connectivity index (χ4n) is 4.49. The fraction of sp³-hybridized carbons (Fsp3) is 0.115. The van der Waals surface area contributed by atoms with Gasteiger partial charge in [0.15, 0.2) is 10.6 Å². The number of fused-ring (bicyclic) bond motifs is 3. The first kappa shape index (κ1) is 21.2. The minimum Gasteiger partial charge on any atom is -0.450 e. The molecule has 9 heteroatoms. The van der Waals surface area contributed by atoms with E-state index in [-0.39, 0.29) is 22.4 Å². The summed E-state index contributed by atoms with van der Waals surface area (Å²) in [6.45, 7) is 2.07. The number of rotatable bonds is 4. The van der Waals surface area contributed by atoms with Crippen LogP contribution in [0.4, 0.5) is 10.8 Å². The number of benzene rings is 3. The topological polar surface area (TPSA) is 107 Å². The highest BCUT2D eigenvalue weighted by Gasteiger charge is 2.45. The summed E-state index contributed by atoms with van der Waals surface area (Å²) < 4.78 is 6.88. The van der Waals surface area contributed by atoms with E-state index in [0.717, 1.165) is 22.2 Å². The maximum absolute atomic E-state index is 13.7. The molecule has 0 bridgehead atoms. The van der Waals surface area contributed by atoms with Gasteiger partial charge in [-0.05, 0) is 53.9 Å². The Labute approximate surface area is 202 Å². The lowest BCUT2D eigenvalue weighted by Gasteiger charge is -2.22. The maximum atomic E-state index is 13.7. The van der Waals surface area contributed by atoms with E-state index < -0.39 is 16.9 Å². The van der Waals surface area contributed by atoms with Crippen LogP contribution in [0.25, 0.3) is 21.2 Å². The highest BCUT2D eigenvalue weighted by atomic mass is 32.1. The number of aromatic nitrogens is 1. The Morgan fingerprint density at radius 3 is 2.60 bits per heavy atom. The summed E-state index contributed by atoms with van der Waals surface area (Å²) >= 11 is 1.36. The minimum absolute atomic E-state index is 0.0365. The van der Waals surface area contributed by atoms with Crippen molar-refractivity contribution < 1.29 is 14.1 Å². The van der Waals surface area contributed by atoms with Crippen molar-refractivity contribution >= 4 is 49.2 Å². The molecule has 0 saturated carbocycles. The van der Waals surface area contributed by atoms with Crippen molar-refractivity contribution in [1.82, 2.24) is 4.98 Å². The molecule has 0 aliphatic carbocycles. The number of hydrogen-bond donors (Lipinski definition) is 0. The van der Waals surface area contributed by atoms with Gasteiger partial charge in [-0.15, -0.1) is 0 Å². The summed E-state index contributed by atoms with van der Waals surface area (Å²) in [5.74, 6) is -0.508. The number of nitro groups is 1. The van der Waals surface area contributed by atoms with E-state index in [0.29, 0.717) is 21.7 Å². The number of hydrogen-bond acceptors (Lipinski definition) is 7. The van der Waals surface area contributed by atoms with Gasteiger partial charge in [0.05, 0.1) is 32.1 Å². The predicted octanol–water partition coefficient (Wildman–Crippen LogP) is 5.62. The summed E-state index contributed by atoms with van der Waals surface area (Å²) in [6, 6.07) is 17.8. The van der Waals surface area contributed by atoms with Crippen molar-refractivity contribution in [3.05, 3.63) is 110 Å². The monoisotopic (exact) mass is 483 g/mol. The SMILES string of the molecule is CCc1ccc2nc(N3C(=O)c4oc5ccccc5c(=O)c4C3c3ccc([N+](=O)[O-])cc3)sc2c1. The van der Waals surface area contributed by atoms with Gasteiger partial charge >= 0.3 is 0 Å². The summed E-state index contributed by atoms with van der Waals surface area (Å²) in [6.07, 6.45) is 0.869. The van der Waals surface area contributed by atoms with E-state index >= 15 is 0 Å². The molecule has 0 fully saturated rings. The second-order valence-corrected chi connectivity index (χ2v) is 9.26. The van der Waals surface area contributed by atoms with Gasteiger partial charge < -0.3 is 4.42 Å². The van der Waals surface area contributed by atoms with Crippen molar-refractivity contribution in [2.24, 2.45) is 0 Å². The van der Waals surface area contributed by atoms with E-state index in [1.165, 1.54) is 28.4 Å². The van der Waals surface area contributed by atoms with Gasteiger partial charge in [-0.3, -0.25) is 24.6 Å². The van der Waals surface area contributed by atoms with Crippen LogP contribution in [0.3, 0.4) is 0 Å². The van der Waals surface area contributed by atoms with Crippen molar-refractivity contribution in [2.75, 3.05) is 4.90 Å². The van der Waals surface area contributed by atoms with E-state index in [2.05, 4.69) is 6.92 Å². The molecule has 1 aliphatic heterocycles. The average Bonchev–Trinajstić information content (AvgIpc) is 3.42. The predicted molar refractivity (Wildman–Crippen MR) is 133 cm³/mol. The molecule has 0 saturated heterocycles. The summed E-state index contributed by atoms with van der Waals surface area (Å²) in [7, 11) is 0. The van der Waals surface area contributed by atoms with Crippen molar-refractivity contribution in [1.29, 1.82) is 0 Å². The number of carbonyl (C=O) groups excluding carboxylic acids is 1. The van der Waals surface area contributed by atoms with Gasteiger partial charge in [0, 0.05) is 12.1 Å². The lowest BCUT2D eigenvalue weighted by Crippen LogP contribution is -2.29. The number of nitro benzene ring substituents is 1. The molecule has 1 atom stereocenters. The summed E-state index contributed by atoms with van der Waals surface area (Å²) in [5.41, 5.74) is 2.59. The van der Waals surface area contributed by atoms with Crippen LogP contribution in [0.5, 0.6) is 0 Å². The first-order valence-electron chi connectivity index (χ1n) is 11.0. The van der Waals surface area contributed by atoms with Gasteiger partial charge in [0.2, 0.25) is 5.76 Å². The number of thiazole rings is 1. The lowest BCUT2D eigenvalue weighted by molar-refractivity contribution is -0.384. The molecule has 0 N–H and O–H groups in total. The Morgan fingerprint density at radius 2 is 1.86 bits per heavy atom. The van der Waals surface area contributed by atoms with Gasteiger partial charge in [0.1, 0.15) is 5.58 Å². The van der Waals surface area contributed by atoms with Crippen LogP contribution in [-0.4, -0.2) is 15.8 Å². The Kier molecular flexibility index (Phi) is 4.75. The highest BCUT2D eigenvalue weighted by molar-refractivity contribution is 7.22. The summed E-state index contributed by atoms with van der Waals surface area (Å²) in [5, 5.41) is 12.0. The number of anilines is 1. The molecular formula is C26H17N3O5S. The van der Waals surface area contributed by atoms with Crippen molar-refractivity contribution in [3.63, 3.8) is 0 Å². The molecule has 6 rings (SSSR count). The standard InChI is InChI=1S/C26H17N3O5S/c1-2-14-7-12-18-20(13-14)35-26(27-18)28-22(15-8-10-16(11-9-15)29(32)33)21-23(30)17-5-3-4-6-19(17)34-24(21)25(28)31/h3-13,22H,2H2,1H3. The quantitative estimate of drug-likeness (QED) is 0.242. The zero-order valence-corrected chi connectivity index (χ0v) is 19.2. The molecule has 0 spiro atoms. The normalized spacial score (nSPS) is 15.2. The number of nitrogens with zero attached hydrogens (tertiary/aromatic N) is 3. The molecule has 5 aromatic rings. The van der Waals surface area contributed by atoms with E-state index in [1.54, 1.807) is 36.4 Å². The highest BCUT2D eigenvalue weighted by Crippen LogP contribution is 2.44. The van der Waals surface area contributed by atoms with Crippen LogP contribution < -0.4 is 10.3 Å². The number of carbonyl (C=O) groups is 1. The van der Waals surface area contributed by atoms with Gasteiger partial charge in [-0.2, -0.15) is 0 Å². The lowest BCUT2D eigenvalue weighted by atomic mass is 9.98. The van der Waals surface area contributed by atoms with Gasteiger partial charge in [-0.1, -0.05) is 36.5 Å². The molecule has 1 amide bonds. The molecule has 3 heterocycles. The molecule has 3 aromatic carbocycles. The third-order valence-corrected chi connectivity index (χ3v) is 7.27. The zero-order valence-electron chi connectivity index (χ0n) is 18.4. The smallest absolute Gasteiger partial charge is 0.297 e. The van der Waals surface area contributed by atoms with Crippen LogP contribution in [0.2, 0.25) is 0 Å². The minimum atomic E-state index is -0.828. The molecule has 8 nitrogen and oxygen atoms in total. The van der Waals surface area contributed by atoms with Gasteiger partial charge in [-0.25, -0.2) is 4.98 Å². The van der Waals surface area contributed by atoms with Crippen molar-refractivity contribution in [3.8, 4) is 0 Å². The van der Waals surface area contributed by atoms with E-state index in [4.69, 9.17) is 9.40 Å². The molecule has 0 radical (unpaired) electrons. The second-order valence-electron chi connectivity index (χ2n) is 8.25. The zero-order chi connectivity index (χ0) is 24.3. The Hall–Kier alpha value is -4.37. The fourth-order valence-corrected chi connectivity index (χ4v) is 5.55. The number of aryl methyl sites for hydroxylation is 1. The van der Waals surface area contributed by atoms with Crippen LogP contribution in [0, 0.1) is 10.1 Å². The van der Waals surface area contributed by atoms with Crippen LogP contribution >= 0.6 is 11.3 Å². The average molecular weight is 484 g/mol. The number of para-hydroxylation sites is 1. The molecule has 172 valence electrons. The molecule has 1 aliphatic rings. The van der Waals surface area contributed by atoms with Crippen LogP contribution in [0.1, 0.15) is 40.2 Å². The molecule has 35 heavy (non-hydrogen) atoms. The Bertz CT molecular complexity index is 1720. The third kappa shape index (κ3) is 3.23. The molecule has 1 unspecified atom stereocenters. The van der Waals surface area contributed by atoms with E-state index in [1.807, 2.05) is 18.2 Å². The van der Waals surface area contributed by atoms with Crippen LogP contribution in [0.15, 0.2) is 75.9 Å². The molecule has 2 aromatic heterocycles. The summed E-state index contributed by atoms with van der Waals surface area (Å²) in [4.78, 5) is 44.2. The van der Waals surface area contributed by atoms with Crippen LogP contribution in [-0.2, 0) is 6.42 Å². The Morgan fingerprint density at radius 1 is 1.09 bits per heavy atom. The first-order valence-corrected chi connectivity index (χ1v) is 11.8. The molecular weight excluding hydrogens is 466 g/mol. The third-order valence-electron chi connectivity index (χ3n) is 6.25. The maximum Gasteiger partial charge on any atom is 0.297 e. The first-order chi connectivity index (χ1) is 17.0. The largest absolute Gasteiger partial charge is 0.450 e. The second kappa shape index (κ2) is 7.85. The Balaban J connectivity index is 1.60. The number of amides is 1. The van der Waals surface area contributed by atoms with Gasteiger partial charge in [0.25, 0.3) is 11.6 Å². The van der Waals surface area contributed by atoms with E-state index in [9.17, 15) is 19.7 Å². The number of non-ortho nitro benzene ring substituents is 1.